The lowest BCUT2D eigenvalue weighted by Gasteiger charge is -2.30. The molecule has 1 saturated carbocycles. The highest BCUT2D eigenvalue weighted by molar-refractivity contribution is 6.33. The second-order valence-corrected chi connectivity index (χ2v) is 6.76. The summed E-state index contributed by atoms with van der Waals surface area (Å²) in [4.78, 5) is 12.8. The van der Waals surface area contributed by atoms with E-state index in [4.69, 9.17) is 17.3 Å². The maximum absolute atomic E-state index is 12.8. The van der Waals surface area contributed by atoms with Gasteiger partial charge in [0.1, 0.15) is 0 Å². The van der Waals surface area contributed by atoms with E-state index in [0.29, 0.717) is 28.7 Å². The lowest BCUT2D eigenvalue weighted by molar-refractivity contribution is 0.0916. The molecular formula is C18H23ClN4O. The summed E-state index contributed by atoms with van der Waals surface area (Å²) in [6, 6.07) is 7.41. The van der Waals surface area contributed by atoms with Gasteiger partial charge in [-0.15, -0.1) is 0 Å². The normalized spacial score (nSPS) is 16.8. The fraction of sp³-hybridized carbons (Fsp3) is 0.444. The molecule has 1 fully saturated rings. The summed E-state index contributed by atoms with van der Waals surface area (Å²) in [5.41, 5.74) is 7.82. The third-order valence-corrected chi connectivity index (χ3v) is 5.15. The number of carbonyl (C=O) groups excluding carboxylic acids is 1. The van der Waals surface area contributed by atoms with Crippen molar-refractivity contribution in [3.8, 4) is 11.3 Å². The van der Waals surface area contributed by atoms with Gasteiger partial charge < -0.3 is 11.1 Å². The summed E-state index contributed by atoms with van der Waals surface area (Å²) in [6.07, 6.45) is 7.51. The Balaban J connectivity index is 1.78. The van der Waals surface area contributed by atoms with Crippen LogP contribution in [0.2, 0.25) is 5.02 Å². The zero-order valence-corrected chi connectivity index (χ0v) is 14.4. The highest BCUT2D eigenvalue weighted by Crippen LogP contribution is 2.29. The van der Waals surface area contributed by atoms with Gasteiger partial charge in [-0.05, 0) is 24.8 Å². The van der Waals surface area contributed by atoms with Crippen LogP contribution in [0.1, 0.15) is 42.5 Å². The highest BCUT2D eigenvalue weighted by Gasteiger charge is 2.26. The molecular weight excluding hydrogens is 324 g/mol. The summed E-state index contributed by atoms with van der Waals surface area (Å²) in [5.74, 6) is 0.308. The molecule has 3 rings (SSSR count). The van der Waals surface area contributed by atoms with Crippen LogP contribution in [-0.2, 0) is 0 Å². The molecule has 24 heavy (non-hydrogen) atoms. The smallest absolute Gasteiger partial charge is 0.255 e. The predicted octanol–water partition coefficient (Wildman–Crippen LogP) is 3.37. The summed E-state index contributed by atoms with van der Waals surface area (Å²) in [7, 11) is 0. The SMILES string of the molecule is NCC(NC(=O)c1cn[nH]c1-c1ccccc1Cl)C1CCCCC1. The molecule has 6 heteroatoms. The van der Waals surface area contributed by atoms with Crippen LogP contribution in [0.15, 0.2) is 30.5 Å². The van der Waals surface area contributed by atoms with Crippen molar-refractivity contribution in [1.29, 1.82) is 0 Å². The molecule has 0 aliphatic heterocycles. The zero-order valence-electron chi connectivity index (χ0n) is 13.6. The van der Waals surface area contributed by atoms with Crippen molar-refractivity contribution >= 4 is 17.5 Å². The second-order valence-electron chi connectivity index (χ2n) is 6.35. The number of benzene rings is 1. The van der Waals surface area contributed by atoms with Crippen molar-refractivity contribution in [2.24, 2.45) is 11.7 Å². The van der Waals surface area contributed by atoms with Crippen LogP contribution in [0.3, 0.4) is 0 Å². The number of halogens is 1. The standard InChI is InChI=1S/C18H23ClN4O/c19-15-9-5-4-8-13(15)17-14(11-21-23-17)18(24)22-16(10-20)12-6-2-1-3-7-12/h4-5,8-9,11-12,16H,1-3,6-7,10,20H2,(H,21,23)(H,22,24). The molecule has 0 radical (unpaired) electrons. The number of carbonyl (C=O) groups is 1. The zero-order chi connectivity index (χ0) is 16.9. The Labute approximate surface area is 147 Å². The fourth-order valence-electron chi connectivity index (χ4n) is 3.48. The largest absolute Gasteiger partial charge is 0.348 e. The van der Waals surface area contributed by atoms with E-state index >= 15 is 0 Å². The van der Waals surface area contributed by atoms with E-state index in [2.05, 4.69) is 15.5 Å². The van der Waals surface area contributed by atoms with Gasteiger partial charge in [-0.25, -0.2) is 0 Å². The van der Waals surface area contributed by atoms with Gasteiger partial charge in [0.25, 0.3) is 5.91 Å². The Morgan fingerprint density at radius 3 is 2.79 bits per heavy atom. The van der Waals surface area contributed by atoms with E-state index in [1.165, 1.54) is 19.3 Å². The quantitative estimate of drug-likeness (QED) is 0.776. The number of nitrogens with one attached hydrogen (secondary N) is 2. The van der Waals surface area contributed by atoms with Crippen molar-refractivity contribution in [3.05, 3.63) is 41.0 Å². The molecule has 1 aromatic carbocycles. The molecule has 1 aromatic heterocycles. The molecule has 1 aliphatic rings. The molecule has 1 amide bonds. The van der Waals surface area contributed by atoms with Gasteiger partial charge in [0.15, 0.2) is 0 Å². The fourth-order valence-corrected chi connectivity index (χ4v) is 3.71. The number of H-pyrrole nitrogens is 1. The van der Waals surface area contributed by atoms with E-state index in [-0.39, 0.29) is 11.9 Å². The Bertz CT molecular complexity index is 694. The van der Waals surface area contributed by atoms with Gasteiger partial charge in [-0.1, -0.05) is 49.1 Å². The van der Waals surface area contributed by atoms with Crippen LogP contribution < -0.4 is 11.1 Å². The van der Waals surface area contributed by atoms with Gasteiger partial charge in [0.05, 0.1) is 17.5 Å². The Kier molecular flexibility index (Phi) is 5.53. The lowest BCUT2D eigenvalue weighted by Crippen LogP contribution is -2.45. The average Bonchev–Trinajstić information content (AvgIpc) is 3.10. The predicted molar refractivity (Wildman–Crippen MR) is 95.9 cm³/mol. The number of hydrogen-bond acceptors (Lipinski definition) is 3. The van der Waals surface area contributed by atoms with E-state index in [9.17, 15) is 4.79 Å². The van der Waals surface area contributed by atoms with E-state index < -0.39 is 0 Å². The number of nitrogens with two attached hydrogens (primary N) is 1. The first-order valence-electron chi connectivity index (χ1n) is 8.50. The monoisotopic (exact) mass is 346 g/mol. The van der Waals surface area contributed by atoms with Crippen LogP contribution in [0.25, 0.3) is 11.3 Å². The van der Waals surface area contributed by atoms with Crippen LogP contribution in [-0.4, -0.2) is 28.7 Å². The summed E-state index contributed by atoms with van der Waals surface area (Å²) < 4.78 is 0. The van der Waals surface area contributed by atoms with Crippen LogP contribution >= 0.6 is 11.6 Å². The van der Waals surface area contributed by atoms with Crippen molar-refractivity contribution in [2.75, 3.05) is 6.54 Å². The Hall–Kier alpha value is -1.85. The molecule has 4 N–H and O–H groups in total. The van der Waals surface area contributed by atoms with Crippen molar-refractivity contribution in [1.82, 2.24) is 15.5 Å². The average molecular weight is 347 g/mol. The second kappa shape index (κ2) is 7.81. The van der Waals surface area contributed by atoms with Gasteiger partial charge in [-0.2, -0.15) is 5.10 Å². The number of aromatic amines is 1. The highest BCUT2D eigenvalue weighted by atomic mass is 35.5. The van der Waals surface area contributed by atoms with Crippen LogP contribution in [0.4, 0.5) is 0 Å². The van der Waals surface area contributed by atoms with Gasteiger partial charge in [-0.3, -0.25) is 9.89 Å². The maximum Gasteiger partial charge on any atom is 0.255 e. The van der Waals surface area contributed by atoms with Crippen molar-refractivity contribution in [2.45, 2.75) is 38.1 Å². The molecule has 1 atom stereocenters. The molecule has 5 nitrogen and oxygen atoms in total. The minimum atomic E-state index is -0.153. The van der Waals surface area contributed by atoms with E-state index in [0.717, 1.165) is 18.4 Å². The molecule has 0 bridgehead atoms. The minimum Gasteiger partial charge on any atom is -0.348 e. The number of aromatic nitrogens is 2. The first-order valence-corrected chi connectivity index (χ1v) is 8.87. The summed E-state index contributed by atoms with van der Waals surface area (Å²) in [5, 5.41) is 10.6. The lowest BCUT2D eigenvalue weighted by atomic mass is 9.84. The third-order valence-electron chi connectivity index (χ3n) is 4.82. The topological polar surface area (TPSA) is 83.8 Å². The van der Waals surface area contributed by atoms with Crippen LogP contribution in [0.5, 0.6) is 0 Å². The van der Waals surface area contributed by atoms with E-state index in [1.54, 1.807) is 12.3 Å². The van der Waals surface area contributed by atoms with Gasteiger partial charge in [0.2, 0.25) is 0 Å². The van der Waals surface area contributed by atoms with Gasteiger partial charge >= 0.3 is 0 Å². The molecule has 0 spiro atoms. The molecule has 1 unspecified atom stereocenters. The number of rotatable bonds is 5. The first kappa shape index (κ1) is 17.0. The van der Waals surface area contributed by atoms with E-state index in [1.807, 2.05) is 18.2 Å². The van der Waals surface area contributed by atoms with Crippen LogP contribution in [0, 0.1) is 5.92 Å². The third kappa shape index (κ3) is 3.62. The van der Waals surface area contributed by atoms with Gasteiger partial charge in [0, 0.05) is 23.2 Å². The molecule has 1 aliphatic carbocycles. The minimum absolute atomic E-state index is 0.00629. The number of amides is 1. The Morgan fingerprint density at radius 2 is 2.08 bits per heavy atom. The maximum atomic E-state index is 12.8. The molecule has 0 saturated heterocycles. The summed E-state index contributed by atoms with van der Waals surface area (Å²) >= 11 is 6.25. The Morgan fingerprint density at radius 1 is 1.33 bits per heavy atom. The molecule has 128 valence electrons. The molecule has 2 aromatic rings. The van der Waals surface area contributed by atoms with Crippen molar-refractivity contribution in [3.63, 3.8) is 0 Å². The number of hydrogen-bond donors (Lipinski definition) is 3. The summed E-state index contributed by atoms with van der Waals surface area (Å²) in [6.45, 7) is 0.454. The van der Waals surface area contributed by atoms with Crippen molar-refractivity contribution < 1.29 is 4.79 Å². The molecule has 1 heterocycles. The first-order chi connectivity index (χ1) is 11.7. The number of nitrogens with zero attached hydrogens (tertiary/aromatic N) is 1.